The van der Waals surface area contributed by atoms with E-state index in [1.165, 1.54) is 19.2 Å². The van der Waals surface area contributed by atoms with E-state index in [0.717, 1.165) is 6.07 Å². The highest BCUT2D eigenvalue weighted by Gasteiger charge is 2.10. The summed E-state index contributed by atoms with van der Waals surface area (Å²) in [6.07, 6.45) is 0.391. The Balaban J connectivity index is 2.66. The normalized spacial score (nSPS) is 11.4. The van der Waals surface area contributed by atoms with Crippen molar-refractivity contribution in [3.63, 3.8) is 0 Å². The summed E-state index contributed by atoms with van der Waals surface area (Å²) >= 11 is 0. The Kier molecular flexibility index (Phi) is 4.71. The van der Waals surface area contributed by atoms with Crippen LogP contribution in [0.15, 0.2) is 18.2 Å². The van der Waals surface area contributed by atoms with Gasteiger partial charge in [0, 0.05) is 13.7 Å². The number of methoxy groups -OCH3 is 1. The summed E-state index contributed by atoms with van der Waals surface area (Å²) in [7, 11) is -1.94. The first-order valence-electron chi connectivity index (χ1n) is 4.99. The van der Waals surface area contributed by atoms with Crippen LogP contribution in [0, 0.1) is 5.82 Å². The number of nitrogens with two attached hydrogens (primary N) is 1. The van der Waals surface area contributed by atoms with E-state index in [1.54, 1.807) is 0 Å². The van der Waals surface area contributed by atoms with Crippen molar-refractivity contribution in [2.75, 3.05) is 29.9 Å². The van der Waals surface area contributed by atoms with Gasteiger partial charge in [-0.1, -0.05) is 0 Å². The third kappa shape index (κ3) is 4.58. The second kappa shape index (κ2) is 5.83. The summed E-state index contributed by atoms with van der Waals surface area (Å²) in [4.78, 5) is 0. The van der Waals surface area contributed by atoms with Crippen molar-refractivity contribution >= 4 is 21.4 Å². The Morgan fingerprint density at radius 1 is 1.47 bits per heavy atom. The fraction of sp³-hybridized carbons (Fsp3) is 0.400. The van der Waals surface area contributed by atoms with Crippen molar-refractivity contribution in [2.24, 2.45) is 0 Å². The third-order valence-corrected chi connectivity index (χ3v) is 3.40. The lowest BCUT2D eigenvalue weighted by Gasteiger charge is -2.08. The molecule has 0 aliphatic rings. The molecule has 0 bridgehead atoms. The molecule has 0 atom stereocenters. The van der Waals surface area contributed by atoms with Crippen LogP contribution in [0.3, 0.4) is 0 Å². The van der Waals surface area contributed by atoms with Gasteiger partial charge >= 0.3 is 0 Å². The number of benzene rings is 1. The second-order valence-electron chi connectivity index (χ2n) is 3.50. The molecule has 0 aliphatic carbocycles. The van der Waals surface area contributed by atoms with Crippen LogP contribution >= 0.6 is 0 Å². The number of hydrogen-bond acceptors (Lipinski definition) is 4. The van der Waals surface area contributed by atoms with Gasteiger partial charge in [-0.05, 0) is 24.6 Å². The third-order valence-electron chi connectivity index (χ3n) is 2.03. The van der Waals surface area contributed by atoms with Gasteiger partial charge in [-0.15, -0.1) is 0 Å². The summed E-state index contributed by atoms with van der Waals surface area (Å²) in [5.41, 5.74) is 5.49. The average molecular weight is 262 g/mol. The van der Waals surface area contributed by atoms with Crippen molar-refractivity contribution < 1.29 is 17.5 Å². The first-order chi connectivity index (χ1) is 7.94. The zero-order valence-electron chi connectivity index (χ0n) is 9.44. The number of halogens is 1. The number of ether oxygens (including phenoxy) is 1. The number of anilines is 2. The van der Waals surface area contributed by atoms with Crippen molar-refractivity contribution in [3.05, 3.63) is 24.0 Å². The van der Waals surface area contributed by atoms with E-state index in [2.05, 4.69) is 4.72 Å². The minimum atomic E-state index is -3.44. The molecule has 17 heavy (non-hydrogen) atoms. The van der Waals surface area contributed by atoms with E-state index in [0.29, 0.717) is 13.0 Å². The lowest BCUT2D eigenvalue weighted by atomic mass is 10.3. The average Bonchev–Trinajstić information content (AvgIpc) is 2.23. The van der Waals surface area contributed by atoms with Gasteiger partial charge in [-0.25, -0.2) is 12.8 Å². The largest absolute Gasteiger partial charge is 0.396 e. The van der Waals surface area contributed by atoms with Gasteiger partial charge in [0.05, 0.1) is 17.1 Å². The highest BCUT2D eigenvalue weighted by molar-refractivity contribution is 7.92. The van der Waals surface area contributed by atoms with Crippen LogP contribution in [0.5, 0.6) is 0 Å². The minimum Gasteiger partial charge on any atom is -0.396 e. The van der Waals surface area contributed by atoms with E-state index in [9.17, 15) is 12.8 Å². The van der Waals surface area contributed by atoms with Crippen LogP contribution in [0.25, 0.3) is 0 Å². The van der Waals surface area contributed by atoms with Crippen LogP contribution in [0.4, 0.5) is 15.8 Å². The molecule has 5 nitrogen and oxygen atoms in total. The predicted molar refractivity (Wildman–Crippen MR) is 64.7 cm³/mol. The maximum absolute atomic E-state index is 12.9. The van der Waals surface area contributed by atoms with Crippen LogP contribution in [-0.4, -0.2) is 27.9 Å². The Labute approximate surface area is 99.8 Å². The maximum atomic E-state index is 12.9. The molecule has 1 rings (SSSR count). The summed E-state index contributed by atoms with van der Waals surface area (Å²) in [5.74, 6) is -0.634. The van der Waals surface area contributed by atoms with Gasteiger partial charge in [0.2, 0.25) is 10.0 Å². The topological polar surface area (TPSA) is 81.4 Å². The van der Waals surface area contributed by atoms with E-state index in [4.69, 9.17) is 10.5 Å². The molecule has 0 radical (unpaired) electrons. The van der Waals surface area contributed by atoms with Crippen molar-refractivity contribution in [1.29, 1.82) is 0 Å². The molecule has 0 amide bonds. The van der Waals surface area contributed by atoms with E-state index in [1.807, 2.05) is 0 Å². The SMILES string of the molecule is COCCCS(=O)(=O)Nc1ccc(F)c(N)c1. The van der Waals surface area contributed by atoms with Gasteiger partial charge in [-0.2, -0.15) is 0 Å². The lowest BCUT2D eigenvalue weighted by molar-refractivity contribution is 0.199. The quantitative estimate of drug-likeness (QED) is 0.596. The van der Waals surface area contributed by atoms with E-state index in [-0.39, 0.29) is 17.1 Å². The van der Waals surface area contributed by atoms with E-state index >= 15 is 0 Å². The summed E-state index contributed by atoms with van der Waals surface area (Å²) < 4.78 is 43.1. The molecule has 7 heteroatoms. The molecule has 0 aliphatic heterocycles. The molecule has 0 spiro atoms. The molecular weight excluding hydrogens is 247 g/mol. The van der Waals surface area contributed by atoms with Crippen LogP contribution < -0.4 is 10.5 Å². The smallest absolute Gasteiger partial charge is 0.232 e. The molecule has 1 aromatic carbocycles. The summed E-state index contributed by atoms with van der Waals surface area (Å²) in [6.45, 7) is 0.368. The van der Waals surface area contributed by atoms with Gasteiger partial charge in [0.1, 0.15) is 5.82 Å². The van der Waals surface area contributed by atoms with Gasteiger partial charge in [-0.3, -0.25) is 4.72 Å². The first kappa shape index (κ1) is 13.7. The predicted octanol–water partition coefficient (Wildman–Crippen LogP) is 1.19. The van der Waals surface area contributed by atoms with Crippen LogP contribution in [-0.2, 0) is 14.8 Å². The molecule has 0 fully saturated rings. The summed E-state index contributed by atoms with van der Waals surface area (Å²) in [5, 5.41) is 0. The molecule has 0 aromatic heterocycles. The van der Waals surface area contributed by atoms with Crippen molar-refractivity contribution in [3.8, 4) is 0 Å². The first-order valence-corrected chi connectivity index (χ1v) is 6.64. The summed E-state index contributed by atoms with van der Waals surface area (Å²) in [6, 6.07) is 3.67. The van der Waals surface area contributed by atoms with Gasteiger partial charge < -0.3 is 10.5 Å². The second-order valence-corrected chi connectivity index (χ2v) is 5.35. The number of nitrogens with one attached hydrogen (secondary N) is 1. The van der Waals surface area contributed by atoms with Crippen LogP contribution in [0.2, 0.25) is 0 Å². The van der Waals surface area contributed by atoms with Gasteiger partial charge in [0.25, 0.3) is 0 Å². The highest BCUT2D eigenvalue weighted by atomic mass is 32.2. The standard InChI is InChI=1S/C10H15FN2O3S/c1-16-5-2-6-17(14,15)13-8-3-4-9(11)10(12)7-8/h3-4,7,13H,2,5-6,12H2,1H3. The van der Waals surface area contributed by atoms with Gasteiger partial charge in [0.15, 0.2) is 0 Å². The number of nitrogen functional groups attached to an aromatic ring is 1. The fourth-order valence-corrected chi connectivity index (χ4v) is 2.32. The lowest BCUT2D eigenvalue weighted by Crippen LogP contribution is -2.17. The molecule has 0 unspecified atom stereocenters. The van der Waals surface area contributed by atoms with Crippen LogP contribution in [0.1, 0.15) is 6.42 Å². The maximum Gasteiger partial charge on any atom is 0.232 e. The molecule has 0 saturated heterocycles. The Morgan fingerprint density at radius 3 is 2.76 bits per heavy atom. The number of hydrogen-bond donors (Lipinski definition) is 2. The fourth-order valence-electron chi connectivity index (χ4n) is 1.23. The molecular formula is C10H15FN2O3S. The molecule has 96 valence electrons. The monoisotopic (exact) mass is 262 g/mol. The zero-order chi connectivity index (χ0) is 12.9. The zero-order valence-corrected chi connectivity index (χ0v) is 10.3. The number of rotatable bonds is 6. The molecule has 0 heterocycles. The number of sulfonamides is 1. The Bertz CT molecular complexity index is 476. The molecule has 3 N–H and O–H groups in total. The molecule has 1 aromatic rings. The Hall–Kier alpha value is -1.34. The minimum absolute atomic E-state index is 0.0574. The van der Waals surface area contributed by atoms with Crippen molar-refractivity contribution in [1.82, 2.24) is 0 Å². The highest BCUT2D eigenvalue weighted by Crippen LogP contribution is 2.17. The van der Waals surface area contributed by atoms with Crippen molar-refractivity contribution in [2.45, 2.75) is 6.42 Å². The van der Waals surface area contributed by atoms with E-state index < -0.39 is 15.8 Å². The Morgan fingerprint density at radius 2 is 2.18 bits per heavy atom. The molecule has 0 saturated carbocycles.